The third kappa shape index (κ3) is 3.47. The lowest BCUT2D eigenvalue weighted by molar-refractivity contribution is -0.0786. The number of nitrogens with zero attached hydrogens (tertiary/aromatic N) is 1. The van der Waals surface area contributed by atoms with Crippen molar-refractivity contribution < 1.29 is 33.2 Å². The zero-order chi connectivity index (χ0) is 22.2. The van der Waals surface area contributed by atoms with Crippen LogP contribution < -0.4 is 28.4 Å². The van der Waals surface area contributed by atoms with E-state index >= 15 is 0 Å². The molecule has 3 atom stereocenters. The summed E-state index contributed by atoms with van der Waals surface area (Å²) in [5.41, 5.74) is 1.98. The van der Waals surface area contributed by atoms with Crippen LogP contribution in [0.25, 0.3) is 0 Å². The molecule has 8 nitrogen and oxygen atoms in total. The third-order valence-electron chi connectivity index (χ3n) is 6.53. The minimum atomic E-state index is -0.131. The minimum absolute atomic E-state index is 0.0584. The Morgan fingerprint density at radius 3 is 2.12 bits per heavy atom. The number of rotatable bonds is 5. The fraction of sp³-hybridized carbons (Fsp3) is 0.500. The number of benzene rings is 2. The fourth-order valence-electron chi connectivity index (χ4n) is 4.97. The van der Waals surface area contributed by atoms with Crippen molar-refractivity contribution in [2.75, 3.05) is 54.4 Å². The standard InChI is InChI=1S/C24H29NO7/c1-14-22(23-20(27-3)9-15(26-2)10-21(23)28-4)16-11-18-19(31-13-30-18)12-17(16)32-24(14)25-5-7-29-8-6-25/h9-12,14,22,24H,5-8,13H2,1-4H3/t14-,22+,24+/m1/s1. The summed E-state index contributed by atoms with van der Waals surface area (Å²) in [7, 11) is 4.97. The van der Waals surface area contributed by atoms with Crippen LogP contribution in [0.5, 0.6) is 34.5 Å². The number of fused-ring (bicyclic) bond motifs is 2. The Morgan fingerprint density at radius 2 is 1.50 bits per heavy atom. The van der Waals surface area contributed by atoms with Gasteiger partial charge >= 0.3 is 0 Å². The highest BCUT2D eigenvalue weighted by atomic mass is 16.7. The van der Waals surface area contributed by atoms with Crippen LogP contribution in [-0.2, 0) is 4.74 Å². The molecule has 0 spiro atoms. The summed E-state index contributed by atoms with van der Waals surface area (Å²) in [5.74, 6) is 4.35. The molecular formula is C24H29NO7. The molecule has 0 saturated carbocycles. The van der Waals surface area contributed by atoms with Gasteiger partial charge in [0, 0.05) is 54.3 Å². The topological polar surface area (TPSA) is 67.9 Å². The first kappa shape index (κ1) is 21.0. The van der Waals surface area contributed by atoms with Crippen molar-refractivity contribution >= 4 is 0 Å². The number of hydrogen-bond donors (Lipinski definition) is 0. The molecule has 3 aliphatic rings. The van der Waals surface area contributed by atoms with E-state index in [0.717, 1.165) is 35.7 Å². The van der Waals surface area contributed by atoms with Crippen molar-refractivity contribution in [3.05, 3.63) is 35.4 Å². The monoisotopic (exact) mass is 443 g/mol. The van der Waals surface area contributed by atoms with Crippen LogP contribution in [0.3, 0.4) is 0 Å². The van der Waals surface area contributed by atoms with Crippen LogP contribution in [0, 0.1) is 5.92 Å². The molecule has 0 amide bonds. The number of hydrogen-bond acceptors (Lipinski definition) is 8. The predicted octanol–water partition coefficient (Wildman–Crippen LogP) is 3.26. The van der Waals surface area contributed by atoms with Gasteiger partial charge in [0.05, 0.1) is 34.5 Å². The molecule has 5 rings (SSSR count). The van der Waals surface area contributed by atoms with E-state index in [1.165, 1.54) is 0 Å². The molecule has 0 radical (unpaired) electrons. The second-order valence-electron chi connectivity index (χ2n) is 8.18. The normalized spacial score (nSPS) is 24.4. The predicted molar refractivity (Wildman–Crippen MR) is 116 cm³/mol. The van der Waals surface area contributed by atoms with Crippen molar-refractivity contribution in [2.45, 2.75) is 19.1 Å². The molecule has 2 aromatic rings. The Kier molecular flexibility index (Phi) is 5.65. The number of methoxy groups -OCH3 is 3. The van der Waals surface area contributed by atoms with Crippen LogP contribution in [0.4, 0.5) is 0 Å². The largest absolute Gasteiger partial charge is 0.496 e. The second-order valence-corrected chi connectivity index (χ2v) is 8.18. The SMILES string of the molecule is COc1cc(OC)c([C@@H]2c3cc4c(cc3O[C@H](N3CCOCC3)[C@@H]2C)OCO4)c(OC)c1. The summed E-state index contributed by atoms with van der Waals surface area (Å²) < 4.78 is 40.6. The summed E-state index contributed by atoms with van der Waals surface area (Å²) in [6.45, 7) is 5.44. The van der Waals surface area contributed by atoms with Gasteiger partial charge in [-0.25, -0.2) is 0 Å². The number of ether oxygens (including phenoxy) is 7. The van der Waals surface area contributed by atoms with Crippen LogP contribution in [0.2, 0.25) is 0 Å². The first-order chi connectivity index (χ1) is 15.6. The average molecular weight is 443 g/mol. The molecule has 172 valence electrons. The zero-order valence-electron chi connectivity index (χ0n) is 18.9. The van der Waals surface area contributed by atoms with Gasteiger partial charge in [-0.3, -0.25) is 4.90 Å². The molecule has 0 aliphatic carbocycles. The molecule has 1 saturated heterocycles. The summed E-state index contributed by atoms with van der Waals surface area (Å²) in [4.78, 5) is 2.34. The van der Waals surface area contributed by atoms with Crippen molar-refractivity contribution in [3.8, 4) is 34.5 Å². The van der Waals surface area contributed by atoms with Gasteiger partial charge in [-0.15, -0.1) is 0 Å². The molecule has 32 heavy (non-hydrogen) atoms. The minimum Gasteiger partial charge on any atom is -0.496 e. The van der Waals surface area contributed by atoms with E-state index in [1.807, 2.05) is 24.3 Å². The Bertz CT molecular complexity index is 964. The average Bonchev–Trinajstić information content (AvgIpc) is 3.29. The van der Waals surface area contributed by atoms with E-state index in [2.05, 4.69) is 11.8 Å². The summed E-state index contributed by atoms with van der Waals surface area (Å²) in [6, 6.07) is 7.76. The smallest absolute Gasteiger partial charge is 0.231 e. The maximum Gasteiger partial charge on any atom is 0.231 e. The van der Waals surface area contributed by atoms with E-state index < -0.39 is 0 Å². The molecular weight excluding hydrogens is 414 g/mol. The summed E-state index contributed by atoms with van der Waals surface area (Å²) in [6.07, 6.45) is -0.131. The van der Waals surface area contributed by atoms with Crippen molar-refractivity contribution in [1.82, 2.24) is 4.90 Å². The first-order valence-electron chi connectivity index (χ1n) is 10.9. The van der Waals surface area contributed by atoms with Crippen LogP contribution in [0.1, 0.15) is 24.0 Å². The van der Waals surface area contributed by atoms with Crippen molar-refractivity contribution in [1.29, 1.82) is 0 Å². The maximum atomic E-state index is 6.58. The summed E-state index contributed by atoms with van der Waals surface area (Å²) in [5, 5.41) is 0. The van der Waals surface area contributed by atoms with Gasteiger partial charge in [-0.05, 0) is 6.07 Å². The maximum absolute atomic E-state index is 6.58. The highest BCUT2D eigenvalue weighted by Gasteiger charge is 2.43. The van der Waals surface area contributed by atoms with E-state index in [9.17, 15) is 0 Å². The first-order valence-corrected chi connectivity index (χ1v) is 10.9. The Morgan fingerprint density at radius 1 is 0.844 bits per heavy atom. The van der Waals surface area contributed by atoms with E-state index in [0.29, 0.717) is 36.2 Å². The van der Waals surface area contributed by atoms with Crippen molar-refractivity contribution in [2.24, 2.45) is 5.92 Å². The third-order valence-corrected chi connectivity index (χ3v) is 6.53. The molecule has 0 aromatic heterocycles. The van der Waals surface area contributed by atoms with E-state index in [4.69, 9.17) is 33.2 Å². The van der Waals surface area contributed by atoms with E-state index in [-0.39, 0.29) is 24.9 Å². The fourth-order valence-corrected chi connectivity index (χ4v) is 4.97. The molecule has 2 aromatic carbocycles. The highest BCUT2D eigenvalue weighted by molar-refractivity contribution is 5.61. The van der Waals surface area contributed by atoms with Gasteiger partial charge in [-0.1, -0.05) is 6.92 Å². The van der Waals surface area contributed by atoms with Crippen LogP contribution in [0.15, 0.2) is 24.3 Å². The lowest BCUT2D eigenvalue weighted by Gasteiger charge is -2.44. The Hall–Kier alpha value is -2.84. The van der Waals surface area contributed by atoms with E-state index in [1.54, 1.807) is 21.3 Å². The lowest BCUT2D eigenvalue weighted by Crippen LogP contribution is -2.52. The van der Waals surface area contributed by atoms with Gasteiger partial charge in [0.1, 0.15) is 23.0 Å². The lowest BCUT2D eigenvalue weighted by atomic mass is 9.77. The van der Waals surface area contributed by atoms with Crippen molar-refractivity contribution in [3.63, 3.8) is 0 Å². The zero-order valence-corrected chi connectivity index (χ0v) is 18.9. The Balaban J connectivity index is 1.68. The molecule has 0 N–H and O–H groups in total. The Labute approximate surface area is 187 Å². The van der Waals surface area contributed by atoms with Gasteiger partial charge in [-0.2, -0.15) is 0 Å². The van der Waals surface area contributed by atoms with Crippen LogP contribution >= 0.6 is 0 Å². The van der Waals surface area contributed by atoms with Crippen LogP contribution in [-0.4, -0.2) is 65.6 Å². The number of morpholine rings is 1. The highest BCUT2D eigenvalue weighted by Crippen LogP contribution is 2.53. The van der Waals surface area contributed by atoms with Gasteiger partial charge in [0.15, 0.2) is 17.7 Å². The molecule has 0 unspecified atom stereocenters. The van der Waals surface area contributed by atoms with Gasteiger partial charge in [0.25, 0.3) is 0 Å². The molecule has 0 bridgehead atoms. The molecule has 1 fully saturated rings. The summed E-state index contributed by atoms with van der Waals surface area (Å²) >= 11 is 0. The molecule has 8 heteroatoms. The quantitative estimate of drug-likeness (QED) is 0.698. The van der Waals surface area contributed by atoms with Gasteiger partial charge in [0.2, 0.25) is 6.79 Å². The van der Waals surface area contributed by atoms with Gasteiger partial charge < -0.3 is 33.2 Å². The second kappa shape index (κ2) is 8.60. The molecule has 3 aliphatic heterocycles. The molecule has 3 heterocycles.